The van der Waals surface area contributed by atoms with E-state index in [0.29, 0.717) is 44.1 Å². The molecule has 8 heteroatoms. The highest BCUT2D eigenvalue weighted by atomic mass is 16.5. The molecule has 0 spiro atoms. The second kappa shape index (κ2) is 13.6. The Morgan fingerprint density at radius 2 is 1.77 bits per heavy atom. The molecular formula is C31H40N2O6. The molecule has 1 amide bonds. The molecule has 2 aliphatic heterocycles. The molecule has 0 saturated carbocycles. The Morgan fingerprint density at radius 1 is 1.03 bits per heavy atom. The van der Waals surface area contributed by atoms with Gasteiger partial charge in [-0.15, -0.1) is 0 Å². The maximum atomic E-state index is 13.4. The smallest absolute Gasteiger partial charge is 0.295 e. The van der Waals surface area contributed by atoms with Gasteiger partial charge in [0.15, 0.2) is 0 Å². The first-order chi connectivity index (χ1) is 18.9. The van der Waals surface area contributed by atoms with Crippen LogP contribution in [0.5, 0.6) is 11.5 Å². The second-order valence-electron chi connectivity index (χ2n) is 10.1. The van der Waals surface area contributed by atoms with Gasteiger partial charge in [-0.25, -0.2) is 0 Å². The summed E-state index contributed by atoms with van der Waals surface area (Å²) in [6.07, 6.45) is 3.94. The molecule has 0 aliphatic carbocycles. The van der Waals surface area contributed by atoms with Crippen molar-refractivity contribution in [1.29, 1.82) is 0 Å². The summed E-state index contributed by atoms with van der Waals surface area (Å²) >= 11 is 0. The number of rotatable bonds is 12. The average molecular weight is 537 g/mol. The van der Waals surface area contributed by atoms with E-state index in [0.717, 1.165) is 55.8 Å². The second-order valence-corrected chi connectivity index (χ2v) is 10.1. The van der Waals surface area contributed by atoms with Crippen LogP contribution in [0.15, 0.2) is 48.0 Å². The summed E-state index contributed by atoms with van der Waals surface area (Å²) in [6, 6.07) is 12.0. The van der Waals surface area contributed by atoms with Crippen LogP contribution in [0.25, 0.3) is 5.76 Å². The molecule has 2 saturated heterocycles. The Balaban J connectivity index is 1.63. The Bertz CT molecular complexity index is 1170. The van der Waals surface area contributed by atoms with Crippen molar-refractivity contribution in [2.75, 3.05) is 53.1 Å². The fourth-order valence-electron chi connectivity index (χ4n) is 5.22. The number of benzene rings is 2. The number of carbonyl (C=O) groups excluding carboxylic acids is 2. The zero-order valence-electron chi connectivity index (χ0n) is 23.3. The van der Waals surface area contributed by atoms with Crippen molar-refractivity contribution >= 4 is 17.4 Å². The van der Waals surface area contributed by atoms with Crippen LogP contribution in [0.1, 0.15) is 55.3 Å². The van der Waals surface area contributed by atoms with Crippen LogP contribution in [0.4, 0.5) is 0 Å². The van der Waals surface area contributed by atoms with Gasteiger partial charge >= 0.3 is 0 Å². The van der Waals surface area contributed by atoms with E-state index in [1.54, 1.807) is 30.2 Å². The van der Waals surface area contributed by atoms with E-state index in [9.17, 15) is 14.7 Å². The summed E-state index contributed by atoms with van der Waals surface area (Å²) in [7, 11) is 1.58. The van der Waals surface area contributed by atoms with Gasteiger partial charge in [0.25, 0.3) is 11.7 Å². The van der Waals surface area contributed by atoms with Gasteiger partial charge in [-0.3, -0.25) is 14.5 Å². The molecule has 2 heterocycles. The SMILES string of the molecule is CCCCCOc1ccc(C2/C(=C(\O)c3ccc(OC)c(C)c3)C(=O)C(=O)N2CCCN2CCOCC2)cc1. The Morgan fingerprint density at radius 3 is 2.44 bits per heavy atom. The molecule has 2 aromatic rings. The quantitative estimate of drug-likeness (QED) is 0.182. The predicted molar refractivity (Wildman–Crippen MR) is 150 cm³/mol. The first-order valence-corrected chi connectivity index (χ1v) is 13.9. The van der Waals surface area contributed by atoms with Crippen molar-refractivity contribution in [3.05, 3.63) is 64.7 Å². The number of hydrogen-bond donors (Lipinski definition) is 1. The minimum absolute atomic E-state index is 0.104. The number of hydrogen-bond acceptors (Lipinski definition) is 7. The number of aryl methyl sites for hydroxylation is 1. The van der Waals surface area contributed by atoms with Gasteiger partial charge in [0.2, 0.25) is 0 Å². The largest absolute Gasteiger partial charge is 0.507 e. The van der Waals surface area contributed by atoms with E-state index >= 15 is 0 Å². The van der Waals surface area contributed by atoms with Crippen molar-refractivity contribution in [3.8, 4) is 11.5 Å². The van der Waals surface area contributed by atoms with Crippen LogP contribution in [-0.4, -0.2) is 79.7 Å². The van der Waals surface area contributed by atoms with Gasteiger partial charge in [0.05, 0.1) is 38.5 Å². The molecule has 2 aliphatic rings. The van der Waals surface area contributed by atoms with E-state index in [4.69, 9.17) is 14.2 Å². The predicted octanol–water partition coefficient (Wildman–Crippen LogP) is 4.72. The molecule has 2 aromatic carbocycles. The van der Waals surface area contributed by atoms with Gasteiger partial charge in [-0.05, 0) is 61.2 Å². The molecule has 4 rings (SSSR count). The fraction of sp³-hybridized carbons (Fsp3) is 0.484. The summed E-state index contributed by atoms with van der Waals surface area (Å²) in [6.45, 7) is 9.01. The third-order valence-electron chi connectivity index (χ3n) is 7.40. The third kappa shape index (κ3) is 6.81. The van der Waals surface area contributed by atoms with Gasteiger partial charge in [-0.1, -0.05) is 31.9 Å². The number of unbranched alkanes of at least 4 members (excludes halogenated alkanes) is 2. The lowest BCUT2D eigenvalue weighted by Crippen LogP contribution is -2.38. The van der Waals surface area contributed by atoms with E-state index < -0.39 is 17.7 Å². The van der Waals surface area contributed by atoms with Gasteiger partial charge in [-0.2, -0.15) is 0 Å². The lowest BCUT2D eigenvalue weighted by Gasteiger charge is -2.29. The first kappa shape index (κ1) is 28.6. The number of ether oxygens (including phenoxy) is 3. The average Bonchev–Trinajstić information content (AvgIpc) is 3.21. The summed E-state index contributed by atoms with van der Waals surface area (Å²) in [4.78, 5) is 30.6. The lowest BCUT2D eigenvalue weighted by atomic mass is 9.94. The summed E-state index contributed by atoms with van der Waals surface area (Å²) in [5.74, 6) is -0.0170. The number of aliphatic hydroxyl groups excluding tert-OH is 1. The first-order valence-electron chi connectivity index (χ1n) is 13.9. The van der Waals surface area contributed by atoms with Crippen LogP contribution in [0.2, 0.25) is 0 Å². The number of Topliss-reactive ketones (excluding diaryl/α,β-unsaturated/α-hetero) is 1. The van der Waals surface area contributed by atoms with E-state index in [1.807, 2.05) is 31.2 Å². The molecule has 8 nitrogen and oxygen atoms in total. The van der Waals surface area contributed by atoms with Crippen LogP contribution < -0.4 is 9.47 Å². The van der Waals surface area contributed by atoms with E-state index in [1.165, 1.54) is 0 Å². The molecule has 2 fully saturated rings. The van der Waals surface area contributed by atoms with Crippen molar-refractivity contribution in [1.82, 2.24) is 9.80 Å². The molecule has 0 bridgehead atoms. The third-order valence-corrected chi connectivity index (χ3v) is 7.40. The molecule has 1 atom stereocenters. The maximum Gasteiger partial charge on any atom is 0.295 e. The highest BCUT2D eigenvalue weighted by molar-refractivity contribution is 6.46. The topological polar surface area (TPSA) is 88.5 Å². The number of aliphatic hydroxyl groups is 1. The van der Waals surface area contributed by atoms with Gasteiger partial charge in [0, 0.05) is 31.7 Å². The summed E-state index contributed by atoms with van der Waals surface area (Å²) in [5, 5.41) is 11.4. The number of methoxy groups -OCH3 is 1. The van der Waals surface area contributed by atoms with E-state index in [2.05, 4.69) is 11.8 Å². The van der Waals surface area contributed by atoms with Gasteiger partial charge < -0.3 is 24.2 Å². The van der Waals surface area contributed by atoms with Crippen LogP contribution >= 0.6 is 0 Å². The molecule has 1 N–H and O–H groups in total. The number of ketones is 1. The maximum absolute atomic E-state index is 13.4. The summed E-state index contributed by atoms with van der Waals surface area (Å²) < 4.78 is 16.7. The monoisotopic (exact) mass is 536 g/mol. The minimum Gasteiger partial charge on any atom is -0.507 e. The lowest BCUT2D eigenvalue weighted by molar-refractivity contribution is -0.140. The standard InChI is InChI=1S/C31H40N2O6/c1-4-5-6-18-39-25-11-8-23(9-12-25)28-27(29(34)24-10-13-26(37-3)22(2)21-24)30(35)31(36)33(28)15-7-14-32-16-19-38-20-17-32/h8-13,21,28,34H,4-7,14-20H2,1-3H3/b29-27+. The van der Waals surface area contributed by atoms with Crippen molar-refractivity contribution in [2.45, 2.75) is 45.6 Å². The Labute approximate surface area is 231 Å². The summed E-state index contributed by atoms with van der Waals surface area (Å²) in [5.41, 5.74) is 2.16. The highest BCUT2D eigenvalue weighted by Gasteiger charge is 2.45. The Kier molecular flexibility index (Phi) is 10.0. The zero-order valence-corrected chi connectivity index (χ0v) is 23.3. The van der Waals surface area contributed by atoms with E-state index in [-0.39, 0.29) is 11.3 Å². The number of likely N-dealkylation sites (tertiary alicyclic amines) is 1. The number of nitrogens with zero attached hydrogens (tertiary/aromatic N) is 2. The van der Waals surface area contributed by atoms with Gasteiger partial charge in [0.1, 0.15) is 17.3 Å². The van der Waals surface area contributed by atoms with Crippen molar-refractivity contribution in [3.63, 3.8) is 0 Å². The zero-order chi connectivity index (χ0) is 27.8. The Hall–Kier alpha value is -3.36. The molecule has 1 unspecified atom stereocenters. The number of amides is 1. The highest BCUT2D eigenvalue weighted by Crippen LogP contribution is 2.40. The van der Waals surface area contributed by atoms with Crippen molar-refractivity contribution < 1.29 is 28.9 Å². The number of morpholine rings is 1. The van der Waals surface area contributed by atoms with Crippen LogP contribution in [0, 0.1) is 6.92 Å². The molecule has 39 heavy (non-hydrogen) atoms. The molecule has 210 valence electrons. The molecule has 0 aromatic heterocycles. The molecule has 0 radical (unpaired) electrons. The minimum atomic E-state index is -0.689. The normalized spacial score (nSPS) is 19.5. The van der Waals surface area contributed by atoms with Crippen molar-refractivity contribution in [2.24, 2.45) is 0 Å². The fourth-order valence-corrected chi connectivity index (χ4v) is 5.22. The molecular weight excluding hydrogens is 496 g/mol. The van der Waals surface area contributed by atoms with Crippen LogP contribution in [-0.2, 0) is 14.3 Å². The number of carbonyl (C=O) groups is 2. The van der Waals surface area contributed by atoms with Crippen LogP contribution in [0.3, 0.4) is 0 Å².